The van der Waals surface area contributed by atoms with Gasteiger partial charge >= 0.3 is 0 Å². The van der Waals surface area contributed by atoms with Crippen LogP contribution in [0.1, 0.15) is 55.5 Å². The van der Waals surface area contributed by atoms with Crippen LogP contribution in [0.15, 0.2) is 131 Å². The minimum absolute atomic E-state index is 0.123. The number of hydrogen-bond acceptors (Lipinski definition) is 6. The van der Waals surface area contributed by atoms with Gasteiger partial charge in [-0.25, -0.2) is 4.58 Å². The van der Waals surface area contributed by atoms with E-state index in [-0.39, 0.29) is 9.79 Å². The predicted molar refractivity (Wildman–Crippen MR) is 214 cm³/mol. The molecular formula is C42H48N3O6S2+. The van der Waals surface area contributed by atoms with Gasteiger partial charge < -0.3 is 9.80 Å². The Morgan fingerprint density at radius 1 is 0.642 bits per heavy atom. The lowest BCUT2D eigenvalue weighted by atomic mass is 9.88. The summed E-state index contributed by atoms with van der Waals surface area (Å²) < 4.78 is 68.2. The first-order chi connectivity index (χ1) is 25.2. The molecular weight excluding hydrogens is 707 g/mol. The monoisotopic (exact) mass is 754 g/mol. The molecule has 53 heavy (non-hydrogen) atoms. The van der Waals surface area contributed by atoms with Crippen molar-refractivity contribution in [1.82, 2.24) is 0 Å². The summed E-state index contributed by atoms with van der Waals surface area (Å²) in [6, 6.07) is 27.8. The van der Waals surface area contributed by atoms with Crippen molar-refractivity contribution >= 4 is 42.9 Å². The summed E-state index contributed by atoms with van der Waals surface area (Å²) in [5, 5.41) is 0. The smallest absolute Gasteiger partial charge is 0.294 e. The molecule has 0 heterocycles. The summed E-state index contributed by atoms with van der Waals surface area (Å²) >= 11 is 0. The standard InChI is InChI=1S/C42H47N3O6S2/c1-6-43(7-2)38-24-25-41(31(5)26-38)42(34-16-20-36(21-17-34)44(8-3)29-32-12-10-14-39(27-32)52(46,47)48)35-18-22-37(23-19-35)45(9-4)30-33-13-11-15-40(28-33)53(49,50)51/h10-28H,6-9,29-30H2,1-5H3,(H-,46,47,48,49,50,51)/p+1. The topological polar surface area (TPSA) is 118 Å². The second kappa shape index (κ2) is 16.9. The van der Waals surface area contributed by atoms with Gasteiger partial charge in [0.1, 0.15) is 6.54 Å². The molecule has 0 radical (unpaired) electrons. The molecule has 0 fully saturated rings. The second-order valence-corrected chi connectivity index (χ2v) is 15.8. The molecule has 0 saturated carbocycles. The molecule has 1 aliphatic rings. The molecule has 4 aromatic carbocycles. The molecule has 2 N–H and O–H groups in total. The van der Waals surface area contributed by atoms with Crippen LogP contribution in [0.2, 0.25) is 0 Å². The maximum absolute atomic E-state index is 11.7. The molecule has 0 unspecified atom stereocenters. The highest BCUT2D eigenvalue weighted by Gasteiger charge is 2.19. The van der Waals surface area contributed by atoms with Crippen molar-refractivity contribution in [3.63, 3.8) is 0 Å². The van der Waals surface area contributed by atoms with E-state index in [9.17, 15) is 25.9 Å². The summed E-state index contributed by atoms with van der Waals surface area (Å²) in [4.78, 5) is 4.23. The molecule has 11 heteroatoms. The fourth-order valence-electron chi connectivity index (χ4n) is 6.69. The summed E-state index contributed by atoms with van der Waals surface area (Å²) in [7, 11) is -8.60. The molecule has 0 amide bonds. The molecule has 0 spiro atoms. The van der Waals surface area contributed by atoms with Gasteiger partial charge in [0, 0.05) is 55.3 Å². The van der Waals surface area contributed by atoms with E-state index in [1.54, 1.807) is 12.1 Å². The predicted octanol–water partition coefficient (Wildman–Crippen LogP) is 7.96. The van der Waals surface area contributed by atoms with Crippen molar-refractivity contribution in [2.75, 3.05) is 36.0 Å². The summed E-state index contributed by atoms with van der Waals surface area (Å²) in [6.07, 6.45) is 8.40. The van der Waals surface area contributed by atoms with Gasteiger partial charge in [-0.05, 0) is 129 Å². The molecule has 0 saturated heterocycles. The van der Waals surface area contributed by atoms with Crippen LogP contribution in [0.4, 0.5) is 11.4 Å². The number of nitrogens with zero attached hydrogens (tertiary/aromatic N) is 3. The van der Waals surface area contributed by atoms with E-state index >= 15 is 0 Å². The normalized spacial score (nSPS) is 13.0. The van der Waals surface area contributed by atoms with Crippen LogP contribution in [0.25, 0.3) is 5.57 Å². The maximum atomic E-state index is 11.7. The summed E-state index contributed by atoms with van der Waals surface area (Å²) in [6.45, 7) is 14.7. The third-order valence-corrected chi connectivity index (χ3v) is 11.3. The van der Waals surface area contributed by atoms with Crippen LogP contribution in [-0.4, -0.2) is 62.4 Å². The van der Waals surface area contributed by atoms with Crippen LogP contribution in [0, 0.1) is 6.92 Å². The Bertz CT molecular complexity index is 2290. The van der Waals surface area contributed by atoms with Crippen molar-refractivity contribution in [1.29, 1.82) is 0 Å². The van der Waals surface area contributed by atoms with Gasteiger partial charge in [-0.2, -0.15) is 16.8 Å². The maximum Gasteiger partial charge on any atom is 0.294 e. The van der Waals surface area contributed by atoms with E-state index in [4.69, 9.17) is 0 Å². The number of benzene rings is 4. The Balaban J connectivity index is 1.53. The number of anilines is 2. The van der Waals surface area contributed by atoms with Crippen LogP contribution in [0.3, 0.4) is 0 Å². The second-order valence-electron chi connectivity index (χ2n) is 12.9. The molecule has 0 aliphatic heterocycles. The zero-order valence-electron chi connectivity index (χ0n) is 30.9. The number of allylic oxidation sites excluding steroid dienone is 5. The molecule has 0 bridgehead atoms. The van der Waals surface area contributed by atoms with E-state index in [0.717, 1.165) is 63.5 Å². The van der Waals surface area contributed by atoms with Crippen molar-refractivity contribution in [2.24, 2.45) is 0 Å². The highest BCUT2D eigenvalue weighted by atomic mass is 32.2. The largest absolute Gasteiger partial charge is 0.372 e. The van der Waals surface area contributed by atoms with E-state index in [1.165, 1.54) is 30.0 Å². The van der Waals surface area contributed by atoms with Crippen LogP contribution in [-0.2, 0) is 33.3 Å². The highest BCUT2D eigenvalue weighted by Crippen LogP contribution is 2.35. The van der Waals surface area contributed by atoms with E-state index in [1.807, 2.05) is 26.0 Å². The first kappa shape index (κ1) is 39.4. The third-order valence-electron chi connectivity index (χ3n) is 9.55. The summed E-state index contributed by atoms with van der Waals surface area (Å²) in [5.41, 5.74) is 10.1. The quantitative estimate of drug-likeness (QED) is 0.0984. The Labute approximate surface area is 314 Å². The van der Waals surface area contributed by atoms with Gasteiger partial charge in [-0.3, -0.25) is 9.11 Å². The Morgan fingerprint density at radius 2 is 1.19 bits per heavy atom. The van der Waals surface area contributed by atoms with Crippen molar-refractivity contribution < 1.29 is 30.5 Å². The highest BCUT2D eigenvalue weighted by molar-refractivity contribution is 7.86. The van der Waals surface area contributed by atoms with Crippen LogP contribution >= 0.6 is 0 Å². The average Bonchev–Trinajstić information content (AvgIpc) is 3.14. The van der Waals surface area contributed by atoms with Gasteiger partial charge in [0.15, 0.2) is 12.3 Å². The zero-order chi connectivity index (χ0) is 38.3. The SMILES string of the molecule is CCN(CC)c1ccc(C(=C2C=CC(=[N+](CC)Cc3cccc(S(=O)(=O)O)c3)C=C2)c2ccc(N(CC)Cc3cccc(S(=O)(=O)O)c3)cc2)c(C)c1. The molecule has 1 aliphatic carbocycles. The first-order valence-electron chi connectivity index (χ1n) is 17.8. The Hall–Kier alpha value is -4.81. The molecule has 9 nitrogen and oxygen atoms in total. The number of hydrogen-bond donors (Lipinski definition) is 2. The number of aryl methyl sites for hydroxylation is 1. The van der Waals surface area contributed by atoms with E-state index < -0.39 is 20.2 Å². The lowest BCUT2D eigenvalue weighted by molar-refractivity contribution is -0.539. The van der Waals surface area contributed by atoms with Crippen LogP contribution in [0.5, 0.6) is 0 Å². The van der Waals surface area contributed by atoms with E-state index in [0.29, 0.717) is 26.2 Å². The van der Waals surface area contributed by atoms with Crippen molar-refractivity contribution in [3.05, 3.63) is 149 Å². The minimum Gasteiger partial charge on any atom is -0.372 e. The molecule has 4 aromatic rings. The Morgan fingerprint density at radius 3 is 1.72 bits per heavy atom. The van der Waals surface area contributed by atoms with Crippen LogP contribution < -0.4 is 9.80 Å². The molecule has 278 valence electrons. The molecule has 0 atom stereocenters. The van der Waals surface area contributed by atoms with Gasteiger partial charge in [0.2, 0.25) is 0 Å². The van der Waals surface area contributed by atoms with Gasteiger partial charge in [-0.15, -0.1) is 0 Å². The van der Waals surface area contributed by atoms with E-state index in [2.05, 4.69) is 102 Å². The zero-order valence-corrected chi connectivity index (χ0v) is 32.5. The van der Waals surface area contributed by atoms with Gasteiger partial charge in [-0.1, -0.05) is 42.5 Å². The third kappa shape index (κ3) is 9.60. The first-order valence-corrected chi connectivity index (χ1v) is 20.7. The minimum atomic E-state index is -4.30. The Kier molecular flexibility index (Phi) is 12.6. The fraction of sp³-hybridized carbons (Fsp3) is 0.262. The van der Waals surface area contributed by atoms with Crippen molar-refractivity contribution in [2.45, 2.75) is 57.5 Å². The molecule has 5 rings (SSSR count). The summed E-state index contributed by atoms with van der Waals surface area (Å²) in [5.74, 6) is 0. The number of rotatable bonds is 14. The van der Waals surface area contributed by atoms with Gasteiger partial charge in [0.05, 0.1) is 9.79 Å². The lowest BCUT2D eigenvalue weighted by Gasteiger charge is -2.25. The molecule has 0 aromatic heterocycles. The van der Waals surface area contributed by atoms with Gasteiger partial charge in [0.25, 0.3) is 20.2 Å². The average molecular weight is 755 g/mol. The van der Waals surface area contributed by atoms with Crippen molar-refractivity contribution in [3.8, 4) is 0 Å². The fourth-order valence-corrected chi connectivity index (χ4v) is 7.79. The lowest BCUT2D eigenvalue weighted by Crippen LogP contribution is -2.22.